The number of pyridine rings is 1. The molecular weight excluding hydrogens is 246 g/mol. The van der Waals surface area contributed by atoms with Crippen LogP contribution in [0.2, 0.25) is 0 Å². The lowest BCUT2D eigenvalue weighted by molar-refractivity contribution is 0.0170. The summed E-state index contributed by atoms with van der Waals surface area (Å²) in [5, 5.41) is 3.66. The first-order valence-electron chi connectivity index (χ1n) is 8.18. The highest BCUT2D eigenvalue weighted by atomic mass is 15.2. The van der Waals surface area contributed by atoms with Crippen LogP contribution < -0.4 is 5.32 Å². The van der Waals surface area contributed by atoms with E-state index in [1.54, 1.807) is 0 Å². The second-order valence-corrected chi connectivity index (χ2v) is 6.41. The van der Waals surface area contributed by atoms with Crippen LogP contribution in [0.4, 0.5) is 0 Å². The molecule has 110 valence electrons. The second kappa shape index (κ2) is 6.23. The van der Waals surface area contributed by atoms with Crippen molar-refractivity contribution in [2.75, 3.05) is 6.54 Å². The lowest BCUT2D eigenvalue weighted by atomic mass is 9.81. The van der Waals surface area contributed by atoms with E-state index in [4.69, 9.17) is 4.98 Å². The molecule has 20 heavy (non-hydrogen) atoms. The van der Waals surface area contributed by atoms with E-state index in [1.165, 1.54) is 37.8 Å². The number of aryl methyl sites for hydroxylation is 1. The van der Waals surface area contributed by atoms with Crippen LogP contribution in [-0.2, 0) is 6.54 Å². The maximum Gasteiger partial charge on any atom is 0.0547 e. The average Bonchev–Trinajstić information content (AvgIpc) is 2.40. The molecular formula is C17H27N3. The Bertz CT molecular complexity index is 432. The zero-order chi connectivity index (χ0) is 13.9. The Morgan fingerprint density at radius 1 is 1.25 bits per heavy atom. The summed E-state index contributed by atoms with van der Waals surface area (Å²) in [6.07, 6.45) is 6.77. The minimum Gasteiger partial charge on any atom is -0.314 e. The minimum absolute atomic E-state index is 0.733. The molecule has 0 saturated carbocycles. The van der Waals surface area contributed by atoms with Gasteiger partial charge in [-0.15, -0.1) is 0 Å². The van der Waals surface area contributed by atoms with Crippen molar-refractivity contribution in [3.63, 3.8) is 0 Å². The van der Waals surface area contributed by atoms with Gasteiger partial charge in [0.05, 0.1) is 5.69 Å². The summed E-state index contributed by atoms with van der Waals surface area (Å²) in [7, 11) is 0. The van der Waals surface area contributed by atoms with E-state index in [2.05, 4.69) is 42.3 Å². The molecule has 2 saturated heterocycles. The van der Waals surface area contributed by atoms with Gasteiger partial charge >= 0.3 is 0 Å². The zero-order valence-corrected chi connectivity index (χ0v) is 12.8. The highest BCUT2D eigenvalue weighted by molar-refractivity contribution is 5.11. The van der Waals surface area contributed by atoms with E-state index < -0.39 is 0 Å². The Kier molecular flexibility index (Phi) is 4.37. The van der Waals surface area contributed by atoms with E-state index in [1.807, 2.05) is 0 Å². The molecule has 0 aliphatic carbocycles. The number of hydrogen-bond donors (Lipinski definition) is 1. The molecule has 3 rings (SSSR count). The van der Waals surface area contributed by atoms with Crippen molar-refractivity contribution in [2.45, 2.75) is 70.6 Å². The van der Waals surface area contributed by atoms with Gasteiger partial charge in [0.15, 0.2) is 0 Å². The van der Waals surface area contributed by atoms with Gasteiger partial charge in [-0.2, -0.15) is 0 Å². The number of nitrogens with zero attached hydrogens (tertiary/aromatic N) is 2. The molecule has 0 amide bonds. The quantitative estimate of drug-likeness (QED) is 0.914. The summed E-state index contributed by atoms with van der Waals surface area (Å²) < 4.78 is 0. The van der Waals surface area contributed by atoms with Gasteiger partial charge in [-0.1, -0.05) is 19.4 Å². The van der Waals surface area contributed by atoms with E-state index >= 15 is 0 Å². The molecule has 3 heterocycles. The van der Waals surface area contributed by atoms with Crippen LogP contribution in [0.25, 0.3) is 0 Å². The summed E-state index contributed by atoms with van der Waals surface area (Å²) in [5.41, 5.74) is 2.37. The first-order valence-corrected chi connectivity index (χ1v) is 8.18. The average molecular weight is 273 g/mol. The molecule has 2 bridgehead atoms. The van der Waals surface area contributed by atoms with Crippen molar-refractivity contribution in [3.05, 3.63) is 29.6 Å². The maximum atomic E-state index is 4.69. The van der Waals surface area contributed by atoms with Crippen LogP contribution in [0, 0.1) is 6.92 Å². The zero-order valence-electron chi connectivity index (χ0n) is 12.8. The number of piperidine rings is 2. The van der Waals surface area contributed by atoms with Gasteiger partial charge in [0, 0.05) is 30.4 Å². The van der Waals surface area contributed by atoms with E-state index in [0.717, 1.165) is 36.9 Å². The lowest BCUT2D eigenvalue weighted by Gasteiger charge is -2.49. The smallest absolute Gasteiger partial charge is 0.0547 e. The summed E-state index contributed by atoms with van der Waals surface area (Å²) in [6, 6.07) is 8.65. The first kappa shape index (κ1) is 14.0. The van der Waals surface area contributed by atoms with Crippen molar-refractivity contribution in [3.8, 4) is 0 Å². The highest BCUT2D eigenvalue weighted by Gasteiger charge is 2.37. The normalized spacial score (nSPS) is 30.4. The molecule has 2 atom stereocenters. The lowest BCUT2D eigenvalue weighted by Crippen LogP contribution is -2.55. The van der Waals surface area contributed by atoms with Crippen molar-refractivity contribution in [1.29, 1.82) is 0 Å². The summed E-state index contributed by atoms with van der Waals surface area (Å²) in [6.45, 7) is 6.44. The Morgan fingerprint density at radius 3 is 2.65 bits per heavy atom. The van der Waals surface area contributed by atoms with Crippen LogP contribution in [0.5, 0.6) is 0 Å². The van der Waals surface area contributed by atoms with Crippen LogP contribution >= 0.6 is 0 Å². The largest absolute Gasteiger partial charge is 0.314 e. The Morgan fingerprint density at radius 2 is 2.00 bits per heavy atom. The van der Waals surface area contributed by atoms with Crippen LogP contribution in [0.1, 0.15) is 50.4 Å². The molecule has 1 aromatic rings. The van der Waals surface area contributed by atoms with Gasteiger partial charge < -0.3 is 5.32 Å². The number of nitrogens with one attached hydrogen (secondary N) is 1. The first-order chi connectivity index (χ1) is 9.76. The number of hydrogen-bond acceptors (Lipinski definition) is 3. The Hall–Kier alpha value is -0.930. The number of aromatic nitrogens is 1. The third kappa shape index (κ3) is 3.04. The van der Waals surface area contributed by atoms with Gasteiger partial charge in [-0.25, -0.2) is 0 Å². The molecule has 3 nitrogen and oxygen atoms in total. The van der Waals surface area contributed by atoms with Crippen LogP contribution in [-0.4, -0.2) is 34.6 Å². The summed E-state index contributed by atoms with van der Waals surface area (Å²) in [5.74, 6) is 0. The van der Waals surface area contributed by atoms with Gasteiger partial charge in [-0.3, -0.25) is 9.88 Å². The van der Waals surface area contributed by atoms with Gasteiger partial charge in [-0.05, 0) is 51.3 Å². The SMILES string of the molecule is CCNC1CC2CCCC(C1)N2Cc1cccc(C)n1. The third-order valence-electron chi connectivity index (χ3n) is 4.91. The monoisotopic (exact) mass is 273 g/mol. The number of fused-ring (bicyclic) bond motifs is 2. The van der Waals surface area contributed by atoms with Crippen molar-refractivity contribution in [1.82, 2.24) is 15.2 Å². The molecule has 0 aromatic carbocycles. The van der Waals surface area contributed by atoms with Crippen LogP contribution in [0.3, 0.4) is 0 Å². The van der Waals surface area contributed by atoms with E-state index in [-0.39, 0.29) is 0 Å². The third-order valence-corrected chi connectivity index (χ3v) is 4.91. The fraction of sp³-hybridized carbons (Fsp3) is 0.706. The number of rotatable bonds is 4. The van der Waals surface area contributed by atoms with Gasteiger partial charge in [0.25, 0.3) is 0 Å². The molecule has 2 aliphatic heterocycles. The fourth-order valence-corrected chi connectivity index (χ4v) is 4.07. The van der Waals surface area contributed by atoms with E-state index in [9.17, 15) is 0 Å². The van der Waals surface area contributed by atoms with Crippen LogP contribution in [0.15, 0.2) is 18.2 Å². The highest BCUT2D eigenvalue weighted by Crippen LogP contribution is 2.35. The van der Waals surface area contributed by atoms with Crippen molar-refractivity contribution in [2.24, 2.45) is 0 Å². The molecule has 1 aromatic heterocycles. The maximum absolute atomic E-state index is 4.69. The summed E-state index contributed by atoms with van der Waals surface area (Å²) in [4.78, 5) is 7.43. The summed E-state index contributed by atoms with van der Waals surface area (Å²) >= 11 is 0. The molecule has 2 aliphatic rings. The Labute approximate surface area is 122 Å². The van der Waals surface area contributed by atoms with Gasteiger partial charge in [0.2, 0.25) is 0 Å². The van der Waals surface area contributed by atoms with Crippen molar-refractivity contribution >= 4 is 0 Å². The standard InChI is InChI=1S/C17H27N3/c1-3-18-15-10-16-8-5-9-17(11-15)20(16)12-14-7-4-6-13(2)19-14/h4,6-7,15-18H,3,5,8-12H2,1-2H3. The second-order valence-electron chi connectivity index (χ2n) is 6.41. The molecule has 2 fully saturated rings. The molecule has 1 N–H and O–H groups in total. The molecule has 0 spiro atoms. The predicted molar refractivity (Wildman–Crippen MR) is 82.6 cm³/mol. The molecule has 0 radical (unpaired) electrons. The minimum atomic E-state index is 0.733. The predicted octanol–water partition coefficient (Wildman–Crippen LogP) is 2.89. The van der Waals surface area contributed by atoms with Gasteiger partial charge in [0.1, 0.15) is 0 Å². The Balaban J connectivity index is 1.70. The van der Waals surface area contributed by atoms with E-state index in [0.29, 0.717) is 0 Å². The van der Waals surface area contributed by atoms with Crippen molar-refractivity contribution < 1.29 is 0 Å². The topological polar surface area (TPSA) is 28.2 Å². The molecule has 3 heteroatoms. The molecule has 2 unspecified atom stereocenters. The fourth-order valence-electron chi connectivity index (χ4n) is 4.07.